The highest BCUT2D eigenvalue weighted by atomic mass is 16.5. The maximum atomic E-state index is 12.4. The van der Waals surface area contributed by atoms with Gasteiger partial charge in [0.15, 0.2) is 0 Å². The van der Waals surface area contributed by atoms with Gasteiger partial charge < -0.3 is 9.47 Å². The molecule has 2 aliphatic rings. The van der Waals surface area contributed by atoms with Crippen LogP contribution < -0.4 is 4.74 Å². The van der Waals surface area contributed by atoms with Crippen LogP contribution in [-0.4, -0.2) is 20.2 Å². The normalized spacial score (nSPS) is 33.2. The third-order valence-corrected chi connectivity index (χ3v) is 5.17. The van der Waals surface area contributed by atoms with Gasteiger partial charge in [-0.3, -0.25) is 4.79 Å². The van der Waals surface area contributed by atoms with Crippen LogP contribution in [0.4, 0.5) is 0 Å². The summed E-state index contributed by atoms with van der Waals surface area (Å²) in [6, 6.07) is 6.25. The van der Waals surface area contributed by atoms with E-state index in [1.165, 1.54) is 18.2 Å². The molecule has 112 valence electrons. The zero-order valence-corrected chi connectivity index (χ0v) is 13.1. The van der Waals surface area contributed by atoms with Crippen LogP contribution in [-0.2, 0) is 9.53 Å². The Balaban J connectivity index is 2.11. The summed E-state index contributed by atoms with van der Waals surface area (Å²) in [5.41, 5.74) is 2.11. The van der Waals surface area contributed by atoms with Gasteiger partial charge in [0.25, 0.3) is 0 Å². The standard InChI is InChI=1S/C18H22O3/c1-5-8-18(17(19)21-4)15-9-11(2)13-7-6-12(20-3)10-14(13)16(15)18/h5-8,10-11,15-16H,9H2,1-4H3/b8-5+/t11-,15-,16+,18+/m0/s1. The Morgan fingerprint density at radius 1 is 1.33 bits per heavy atom. The molecule has 0 bridgehead atoms. The van der Waals surface area contributed by atoms with E-state index in [0.29, 0.717) is 11.8 Å². The lowest BCUT2D eigenvalue weighted by Gasteiger charge is -2.21. The van der Waals surface area contributed by atoms with E-state index in [9.17, 15) is 4.79 Å². The van der Waals surface area contributed by atoms with Crippen molar-refractivity contribution < 1.29 is 14.3 Å². The molecular formula is C18H22O3. The van der Waals surface area contributed by atoms with Crippen LogP contribution in [0.1, 0.15) is 43.2 Å². The number of methoxy groups -OCH3 is 2. The van der Waals surface area contributed by atoms with Crippen LogP contribution in [0.5, 0.6) is 5.75 Å². The van der Waals surface area contributed by atoms with Crippen LogP contribution in [0.2, 0.25) is 0 Å². The van der Waals surface area contributed by atoms with Crippen LogP contribution in [0.15, 0.2) is 30.4 Å². The van der Waals surface area contributed by atoms with Crippen molar-refractivity contribution in [2.75, 3.05) is 14.2 Å². The quantitative estimate of drug-likeness (QED) is 0.628. The highest BCUT2D eigenvalue weighted by Gasteiger charge is 2.70. The third-order valence-electron chi connectivity index (χ3n) is 5.17. The van der Waals surface area contributed by atoms with Crippen LogP contribution in [0.25, 0.3) is 0 Å². The van der Waals surface area contributed by atoms with Gasteiger partial charge in [-0.05, 0) is 48.4 Å². The smallest absolute Gasteiger partial charge is 0.316 e. The Morgan fingerprint density at radius 2 is 2.10 bits per heavy atom. The second-order valence-electron chi connectivity index (χ2n) is 6.14. The summed E-state index contributed by atoms with van der Waals surface area (Å²) in [6.07, 6.45) is 5.04. The number of fused-ring (bicyclic) bond motifs is 3. The van der Waals surface area contributed by atoms with Gasteiger partial charge in [-0.15, -0.1) is 0 Å². The van der Waals surface area contributed by atoms with Crippen LogP contribution in [0.3, 0.4) is 0 Å². The molecule has 1 aromatic rings. The van der Waals surface area contributed by atoms with Gasteiger partial charge in [-0.1, -0.05) is 25.1 Å². The van der Waals surface area contributed by atoms with E-state index in [2.05, 4.69) is 19.1 Å². The molecule has 3 nitrogen and oxygen atoms in total. The molecule has 0 amide bonds. The number of allylic oxidation sites excluding steroid dienone is 1. The average Bonchev–Trinajstić information content (AvgIpc) is 3.15. The highest BCUT2D eigenvalue weighted by Crippen LogP contribution is 2.72. The largest absolute Gasteiger partial charge is 0.497 e. The van der Waals surface area contributed by atoms with Gasteiger partial charge in [0.2, 0.25) is 0 Å². The van der Waals surface area contributed by atoms with Crippen molar-refractivity contribution in [2.24, 2.45) is 11.3 Å². The lowest BCUT2D eigenvalue weighted by molar-refractivity contribution is -0.145. The Labute approximate surface area is 125 Å². The summed E-state index contributed by atoms with van der Waals surface area (Å²) >= 11 is 0. The van der Waals surface area contributed by atoms with E-state index in [0.717, 1.165) is 12.2 Å². The molecule has 0 N–H and O–H groups in total. The molecule has 21 heavy (non-hydrogen) atoms. The molecule has 1 saturated carbocycles. The minimum Gasteiger partial charge on any atom is -0.497 e. The first kappa shape index (κ1) is 14.2. The van der Waals surface area contributed by atoms with E-state index in [4.69, 9.17) is 9.47 Å². The van der Waals surface area contributed by atoms with E-state index >= 15 is 0 Å². The summed E-state index contributed by atoms with van der Waals surface area (Å²) < 4.78 is 10.5. The van der Waals surface area contributed by atoms with Gasteiger partial charge in [0.1, 0.15) is 5.75 Å². The number of ether oxygens (including phenoxy) is 2. The fourth-order valence-corrected chi connectivity index (χ4v) is 4.22. The number of hydrogen-bond donors (Lipinski definition) is 0. The number of esters is 1. The molecule has 0 saturated heterocycles. The van der Waals surface area contributed by atoms with Crippen molar-refractivity contribution >= 4 is 5.97 Å². The van der Waals surface area contributed by atoms with Crippen molar-refractivity contribution in [2.45, 2.75) is 32.1 Å². The van der Waals surface area contributed by atoms with Gasteiger partial charge in [-0.25, -0.2) is 0 Å². The van der Waals surface area contributed by atoms with Gasteiger partial charge in [-0.2, -0.15) is 0 Å². The molecule has 3 heteroatoms. The molecule has 0 aliphatic heterocycles. The fourth-order valence-electron chi connectivity index (χ4n) is 4.22. The molecular weight excluding hydrogens is 264 g/mol. The third kappa shape index (κ3) is 1.83. The van der Waals surface area contributed by atoms with Gasteiger partial charge >= 0.3 is 5.97 Å². The number of rotatable bonds is 3. The Hall–Kier alpha value is -1.77. The molecule has 0 spiro atoms. The predicted octanol–water partition coefficient (Wildman–Crippen LogP) is 3.65. The van der Waals surface area contributed by atoms with E-state index in [1.54, 1.807) is 7.11 Å². The van der Waals surface area contributed by atoms with Crippen LogP contribution >= 0.6 is 0 Å². The van der Waals surface area contributed by atoms with Crippen molar-refractivity contribution in [3.63, 3.8) is 0 Å². The number of carbonyl (C=O) groups is 1. The summed E-state index contributed by atoms with van der Waals surface area (Å²) in [7, 11) is 3.16. The maximum Gasteiger partial charge on any atom is 0.316 e. The van der Waals surface area contributed by atoms with Crippen molar-refractivity contribution in [1.29, 1.82) is 0 Å². The molecule has 2 aliphatic carbocycles. The molecule has 0 heterocycles. The molecule has 3 rings (SSSR count). The van der Waals surface area contributed by atoms with E-state index < -0.39 is 5.41 Å². The highest BCUT2D eigenvalue weighted by molar-refractivity contribution is 5.86. The first-order chi connectivity index (χ1) is 10.1. The number of hydrogen-bond acceptors (Lipinski definition) is 3. The summed E-state index contributed by atoms with van der Waals surface area (Å²) in [5.74, 6) is 1.77. The predicted molar refractivity (Wildman–Crippen MR) is 81.5 cm³/mol. The fraction of sp³-hybridized carbons (Fsp3) is 0.500. The van der Waals surface area contributed by atoms with Crippen molar-refractivity contribution in [3.8, 4) is 5.75 Å². The Kier molecular flexibility index (Phi) is 3.31. The second-order valence-corrected chi connectivity index (χ2v) is 6.14. The van der Waals surface area contributed by atoms with Gasteiger partial charge in [0.05, 0.1) is 19.6 Å². The maximum absolute atomic E-state index is 12.4. The molecule has 0 radical (unpaired) electrons. The molecule has 0 aromatic heterocycles. The minimum absolute atomic E-state index is 0.113. The summed E-state index contributed by atoms with van der Waals surface area (Å²) in [5, 5.41) is 0. The van der Waals surface area contributed by atoms with Crippen molar-refractivity contribution in [3.05, 3.63) is 41.5 Å². The topological polar surface area (TPSA) is 35.5 Å². The minimum atomic E-state index is -0.477. The SMILES string of the molecule is C/C=C/[C@]1(C(=O)OC)[C@@H]2c3cc(OC)ccc3[C@@H](C)C[C@@H]21. The lowest BCUT2D eigenvalue weighted by Crippen LogP contribution is -2.18. The Morgan fingerprint density at radius 3 is 2.71 bits per heavy atom. The first-order valence-corrected chi connectivity index (χ1v) is 7.50. The molecule has 0 unspecified atom stereocenters. The van der Waals surface area contributed by atoms with Crippen molar-refractivity contribution in [1.82, 2.24) is 0 Å². The van der Waals surface area contributed by atoms with Gasteiger partial charge in [0, 0.05) is 5.92 Å². The molecule has 4 atom stereocenters. The first-order valence-electron chi connectivity index (χ1n) is 7.50. The molecule has 1 aromatic carbocycles. The lowest BCUT2D eigenvalue weighted by atomic mass is 9.84. The average molecular weight is 286 g/mol. The monoisotopic (exact) mass is 286 g/mol. The summed E-state index contributed by atoms with van der Waals surface area (Å²) in [6.45, 7) is 4.20. The second kappa shape index (κ2) is 4.90. The molecule has 1 fully saturated rings. The summed E-state index contributed by atoms with van der Waals surface area (Å²) in [4.78, 5) is 12.4. The van der Waals surface area contributed by atoms with Crippen LogP contribution in [0, 0.1) is 11.3 Å². The zero-order chi connectivity index (χ0) is 15.2. The number of benzene rings is 1. The Bertz CT molecular complexity index is 604. The van der Waals surface area contributed by atoms with E-state index in [-0.39, 0.29) is 11.9 Å². The van der Waals surface area contributed by atoms with E-state index in [1.807, 2.05) is 25.1 Å². The zero-order valence-electron chi connectivity index (χ0n) is 13.1. The number of carbonyl (C=O) groups excluding carboxylic acids is 1.